The molecule has 2 saturated heterocycles. The Bertz CT molecular complexity index is 1540. The van der Waals surface area contributed by atoms with E-state index in [0.717, 1.165) is 50.8 Å². The Morgan fingerprint density at radius 1 is 0.744 bits per heavy atom. The van der Waals surface area contributed by atoms with Gasteiger partial charge in [-0.3, -0.25) is 9.59 Å². The van der Waals surface area contributed by atoms with Gasteiger partial charge in [-0.15, -0.1) is 0 Å². The molecule has 0 aliphatic carbocycles. The van der Waals surface area contributed by atoms with E-state index in [0.29, 0.717) is 13.2 Å². The van der Waals surface area contributed by atoms with Crippen molar-refractivity contribution in [3.8, 4) is 11.5 Å². The zero-order chi connectivity index (χ0) is 30.9. The van der Waals surface area contributed by atoms with E-state index >= 15 is 0 Å². The highest BCUT2D eigenvalue weighted by Crippen LogP contribution is 2.27. The Morgan fingerprint density at radius 2 is 1.19 bits per heavy atom. The fourth-order valence-electron chi connectivity index (χ4n) is 4.19. The molecule has 4 atom stereocenters. The summed E-state index contributed by atoms with van der Waals surface area (Å²) in [5.41, 5.74) is 1.77. The summed E-state index contributed by atoms with van der Waals surface area (Å²) in [7, 11) is 3.28. The number of epoxide rings is 2. The molecule has 4 aromatic rings. The van der Waals surface area contributed by atoms with Crippen LogP contribution in [0.4, 0.5) is 0 Å². The number of aliphatic carboxylic acids is 1. The number of methoxy groups -OCH3 is 2. The summed E-state index contributed by atoms with van der Waals surface area (Å²) in [6, 6.07) is 23.3. The third-order valence-corrected chi connectivity index (χ3v) is 7.29. The Labute approximate surface area is 250 Å². The Kier molecular flexibility index (Phi) is 10.9. The fraction of sp³-hybridized carbons (Fsp3) is 0.353. The molecule has 0 aromatic heterocycles. The number of ether oxygens (including phenoxy) is 5. The summed E-state index contributed by atoms with van der Waals surface area (Å²) in [4.78, 5) is 22.9. The average Bonchev–Trinajstić information content (AvgIpc) is 3.97. The van der Waals surface area contributed by atoms with Crippen LogP contribution in [0.2, 0.25) is 0 Å². The number of esters is 1. The Balaban J connectivity index is 0.000000172. The van der Waals surface area contributed by atoms with Crippen LogP contribution in [-0.4, -0.2) is 75.0 Å². The lowest BCUT2D eigenvalue weighted by atomic mass is 9.98. The normalized spacial score (nSPS) is 17.8. The van der Waals surface area contributed by atoms with Gasteiger partial charge in [0.2, 0.25) is 0 Å². The van der Waals surface area contributed by atoms with Crippen molar-refractivity contribution in [2.45, 2.75) is 37.9 Å². The van der Waals surface area contributed by atoms with Gasteiger partial charge < -0.3 is 33.9 Å². The molecule has 0 bridgehead atoms. The van der Waals surface area contributed by atoms with Gasteiger partial charge in [0.15, 0.2) is 0 Å². The summed E-state index contributed by atoms with van der Waals surface area (Å²) in [5.74, 6) is -0.156. The van der Waals surface area contributed by atoms with E-state index in [9.17, 15) is 9.59 Å². The van der Waals surface area contributed by atoms with E-state index in [-0.39, 0.29) is 30.7 Å². The minimum absolute atomic E-state index is 0.102. The van der Waals surface area contributed by atoms with Gasteiger partial charge in [-0.1, -0.05) is 48.5 Å². The molecule has 0 spiro atoms. The van der Waals surface area contributed by atoms with Crippen LogP contribution in [0.25, 0.3) is 21.5 Å². The molecule has 2 aliphatic rings. The van der Waals surface area contributed by atoms with Crippen LogP contribution in [0.15, 0.2) is 72.8 Å². The first-order valence-electron chi connectivity index (χ1n) is 14.1. The first-order chi connectivity index (χ1) is 20.7. The molecule has 0 amide bonds. The third kappa shape index (κ3) is 9.15. The molecule has 6 rings (SSSR count). The molecule has 9 heteroatoms. The smallest absolute Gasteiger partial charge is 0.313 e. The van der Waals surface area contributed by atoms with Gasteiger partial charge in [0, 0.05) is 0 Å². The van der Waals surface area contributed by atoms with E-state index in [1.165, 1.54) is 0 Å². The van der Waals surface area contributed by atoms with Gasteiger partial charge in [-0.2, -0.15) is 0 Å². The van der Waals surface area contributed by atoms with Gasteiger partial charge in [-0.25, -0.2) is 0 Å². The van der Waals surface area contributed by atoms with Crippen molar-refractivity contribution in [3.05, 3.63) is 83.9 Å². The van der Waals surface area contributed by atoms with E-state index in [1.807, 2.05) is 79.7 Å². The van der Waals surface area contributed by atoms with E-state index < -0.39 is 11.9 Å². The second kappa shape index (κ2) is 14.8. The molecule has 0 saturated carbocycles. The summed E-state index contributed by atoms with van der Waals surface area (Å²) < 4.78 is 25.2. The molecule has 2 N–H and O–H groups in total. The molecule has 2 fully saturated rings. The molecular formula is C34H38O9. The zero-order valence-corrected chi connectivity index (χ0v) is 24.8. The predicted molar refractivity (Wildman–Crippen MR) is 163 cm³/mol. The topological polar surface area (TPSA) is 127 Å². The number of fused-ring (bicyclic) bond motifs is 2. The van der Waals surface area contributed by atoms with Gasteiger partial charge in [0.1, 0.15) is 30.3 Å². The van der Waals surface area contributed by atoms with Crippen LogP contribution in [-0.2, 0) is 23.8 Å². The van der Waals surface area contributed by atoms with Gasteiger partial charge in [0.05, 0.1) is 45.9 Å². The number of aliphatic hydroxyl groups is 1. The van der Waals surface area contributed by atoms with Crippen LogP contribution in [0.1, 0.15) is 36.8 Å². The van der Waals surface area contributed by atoms with E-state index in [4.69, 9.17) is 29.2 Å². The van der Waals surface area contributed by atoms with Crippen molar-refractivity contribution in [2.24, 2.45) is 0 Å². The highest BCUT2D eigenvalue weighted by atomic mass is 16.6. The van der Waals surface area contributed by atoms with Crippen molar-refractivity contribution >= 4 is 33.5 Å². The molecule has 9 nitrogen and oxygen atoms in total. The molecular weight excluding hydrogens is 552 g/mol. The summed E-state index contributed by atoms with van der Waals surface area (Å²) in [5, 5.41) is 21.3. The maximum absolute atomic E-state index is 12.0. The van der Waals surface area contributed by atoms with Crippen molar-refractivity contribution in [2.75, 3.05) is 40.6 Å². The molecule has 2 aliphatic heterocycles. The number of hydrogen-bond donors (Lipinski definition) is 2. The van der Waals surface area contributed by atoms with Gasteiger partial charge in [-0.05, 0) is 70.8 Å². The van der Waals surface area contributed by atoms with Crippen LogP contribution >= 0.6 is 0 Å². The third-order valence-electron chi connectivity index (χ3n) is 7.29. The van der Waals surface area contributed by atoms with Gasteiger partial charge in [0.25, 0.3) is 0 Å². The number of benzene rings is 4. The lowest BCUT2D eigenvalue weighted by Crippen LogP contribution is -2.16. The molecule has 2 heterocycles. The number of carbonyl (C=O) groups excluding carboxylic acids is 1. The van der Waals surface area contributed by atoms with Crippen LogP contribution in [0.3, 0.4) is 0 Å². The standard InChI is InChI=1S/C17H18O4.C14H14O3.C3H6O2/c1-11(17(18)21-10-16-9-20-16)12-3-4-14-8-15(19-2)6-5-13(14)7-12;1-9(14(15)16)10-3-4-12-8-13(17-2)6-5-11(12)7-10;4-1-3-2-5-3/h3-8,11,16H,9-10H2,1-2H3;3-9H,1-2H3,(H,15,16);3-4H,1-2H2/t11-,16?;9-;/m00./s1. The average molecular weight is 591 g/mol. The number of carboxylic acid groups (broad SMARTS) is 1. The summed E-state index contributed by atoms with van der Waals surface area (Å²) in [6.45, 7) is 5.55. The number of carbonyl (C=O) groups is 2. The first kappa shape index (κ1) is 31.7. The Morgan fingerprint density at radius 3 is 1.58 bits per heavy atom. The van der Waals surface area contributed by atoms with Crippen LogP contribution in [0, 0.1) is 0 Å². The second-order valence-electron chi connectivity index (χ2n) is 10.4. The zero-order valence-electron chi connectivity index (χ0n) is 24.8. The van der Waals surface area contributed by atoms with E-state index in [1.54, 1.807) is 21.1 Å². The monoisotopic (exact) mass is 590 g/mol. The minimum Gasteiger partial charge on any atom is -0.497 e. The predicted octanol–water partition coefficient (Wildman–Crippen LogP) is 5.31. The molecule has 43 heavy (non-hydrogen) atoms. The van der Waals surface area contributed by atoms with Crippen molar-refractivity contribution in [1.29, 1.82) is 0 Å². The minimum atomic E-state index is -0.808. The molecule has 0 radical (unpaired) electrons. The quantitative estimate of drug-likeness (QED) is 0.197. The van der Waals surface area contributed by atoms with Crippen LogP contribution < -0.4 is 9.47 Å². The lowest BCUT2D eigenvalue weighted by Gasteiger charge is -2.12. The highest BCUT2D eigenvalue weighted by molar-refractivity contribution is 5.87. The van der Waals surface area contributed by atoms with Gasteiger partial charge >= 0.3 is 11.9 Å². The first-order valence-corrected chi connectivity index (χ1v) is 14.1. The second-order valence-corrected chi connectivity index (χ2v) is 10.4. The maximum atomic E-state index is 12.0. The van der Waals surface area contributed by atoms with Crippen molar-refractivity contribution in [1.82, 2.24) is 0 Å². The lowest BCUT2D eigenvalue weighted by molar-refractivity contribution is -0.145. The number of hydrogen-bond acceptors (Lipinski definition) is 8. The van der Waals surface area contributed by atoms with Crippen molar-refractivity contribution in [3.63, 3.8) is 0 Å². The summed E-state index contributed by atoms with van der Waals surface area (Å²) in [6.07, 6.45) is 0.292. The van der Waals surface area contributed by atoms with Crippen molar-refractivity contribution < 1.29 is 43.5 Å². The number of carboxylic acids is 1. The highest BCUT2D eigenvalue weighted by Gasteiger charge is 2.26. The molecule has 4 aromatic carbocycles. The number of rotatable bonds is 9. The summed E-state index contributed by atoms with van der Waals surface area (Å²) >= 11 is 0. The molecule has 2 unspecified atom stereocenters. The maximum Gasteiger partial charge on any atom is 0.313 e. The molecule has 228 valence electrons. The van der Waals surface area contributed by atoms with E-state index in [2.05, 4.69) is 4.74 Å². The fourth-order valence-corrected chi connectivity index (χ4v) is 4.19. The van der Waals surface area contributed by atoms with Crippen LogP contribution in [0.5, 0.6) is 11.5 Å². The number of aliphatic hydroxyl groups excluding tert-OH is 1. The largest absolute Gasteiger partial charge is 0.497 e. The SMILES string of the molecule is COc1ccc2cc([C@H](C)C(=O)O)ccc2c1.COc1ccc2cc([C@H](C)C(=O)OCC3CO3)ccc2c1.OCC1CO1. The Hall–Kier alpha value is -4.18.